The van der Waals surface area contributed by atoms with Gasteiger partial charge >= 0.3 is 11.9 Å². The molecule has 68 heavy (non-hydrogen) atoms. The minimum atomic E-state index is -0.578. The lowest BCUT2D eigenvalue weighted by Crippen LogP contribution is -2.30. The van der Waals surface area contributed by atoms with Crippen molar-refractivity contribution in [1.82, 2.24) is 0 Å². The van der Waals surface area contributed by atoms with Gasteiger partial charge in [0.05, 0.1) is 6.61 Å². The lowest BCUT2D eigenvalue weighted by Gasteiger charge is -2.18. The third-order valence-corrected chi connectivity index (χ3v) is 11.5. The van der Waals surface area contributed by atoms with E-state index in [0.717, 1.165) is 128 Å². The summed E-state index contributed by atoms with van der Waals surface area (Å²) in [6.07, 6.45) is 80.7. The highest BCUT2D eigenvalue weighted by Gasteiger charge is 2.17. The topological polar surface area (TPSA) is 61.8 Å². The summed E-state index contributed by atoms with van der Waals surface area (Å²) in [5, 5.41) is 0. The van der Waals surface area contributed by atoms with Gasteiger partial charge in [-0.1, -0.05) is 219 Å². The third kappa shape index (κ3) is 54.9. The van der Waals surface area contributed by atoms with Crippen LogP contribution in [0.4, 0.5) is 0 Å². The van der Waals surface area contributed by atoms with Crippen LogP contribution in [0.15, 0.2) is 122 Å². The van der Waals surface area contributed by atoms with Crippen molar-refractivity contribution >= 4 is 11.9 Å². The van der Waals surface area contributed by atoms with E-state index < -0.39 is 6.10 Å². The van der Waals surface area contributed by atoms with Crippen LogP contribution in [-0.4, -0.2) is 37.9 Å². The van der Waals surface area contributed by atoms with Crippen LogP contribution in [0.1, 0.15) is 239 Å². The van der Waals surface area contributed by atoms with E-state index >= 15 is 0 Å². The Bertz CT molecular complexity index is 1390. The summed E-state index contributed by atoms with van der Waals surface area (Å²) in [5.41, 5.74) is 0. The number of allylic oxidation sites excluding steroid dienone is 20. The van der Waals surface area contributed by atoms with Crippen molar-refractivity contribution in [2.24, 2.45) is 0 Å². The molecule has 386 valence electrons. The highest BCUT2D eigenvalue weighted by molar-refractivity contribution is 5.70. The van der Waals surface area contributed by atoms with E-state index in [0.29, 0.717) is 19.4 Å². The zero-order chi connectivity index (χ0) is 49.2. The van der Waals surface area contributed by atoms with Crippen molar-refractivity contribution in [3.05, 3.63) is 122 Å². The van der Waals surface area contributed by atoms with Crippen LogP contribution in [0.5, 0.6) is 0 Å². The van der Waals surface area contributed by atoms with Crippen molar-refractivity contribution in [3.63, 3.8) is 0 Å². The van der Waals surface area contributed by atoms with Gasteiger partial charge < -0.3 is 14.2 Å². The molecule has 0 N–H and O–H groups in total. The fraction of sp³-hybridized carbons (Fsp3) is 0.651. The lowest BCUT2D eigenvalue weighted by molar-refractivity contribution is -0.163. The normalized spacial score (nSPS) is 13.2. The predicted octanol–water partition coefficient (Wildman–Crippen LogP) is 19.3. The minimum absolute atomic E-state index is 0.0463. The number of rotatable bonds is 50. The molecule has 0 saturated carbocycles. The van der Waals surface area contributed by atoms with E-state index in [-0.39, 0.29) is 25.2 Å². The molecule has 0 radical (unpaired) electrons. The molecule has 0 fully saturated rings. The second-order valence-electron chi connectivity index (χ2n) is 18.1. The zero-order valence-corrected chi connectivity index (χ0v) is 44.3. The highest BCUT2D eigenvalue weighted by atomic mass is 16.6. The second-order valence-corrected chi connectivity index (χ2v) is 18.1. The molecule has 1 unspecified atom stereocenters. The van der Waals surface area contributed by atoms with Gasteiger partial charge in [0.15, 0.2) is 6.10 Å². The summed E-state index contributed by atoms with van der Waals surface area (Å²) in [5.74, 6) is -0.462. The molecule has 0 aromatic heterocycles. The van der Waals surface area contributed by atoms with E-state index in [1.165, 1.54) is 77.0 Å². The van der Waals surface area contributed by atoms with Gasteiger partial charge in [0.1, 0.15) is 6.61 Å². The first kappa shape index (κ1) is 64.3. The Hall–Kier alpha value is -3.70. The van der Waals surface area contributed by atoms with Crippen LogP contribution >= 0.6 is 0 Å². The minimum Gasteiger partial charge on any atom is -0.462 e. The van der Waals surface area contributed by atoms with E-state index in [9.17, 15) is 9.59 Å². The van der Waals surface area contributed by atoms with Crippen LogP contribution in [0, 0.1) is 0 Å². The Morgan fingerprint density at radius 2 is 0.662 bits per heavy atom. The maximum Gasteiger partial charge on any atom is 0.306 e. The van der Waals surface area contributed by atoms with Crippen LogP contribution in [-0.2, 0) is 23.8 Å². The van der Waals surface area contributed by atoms with Gasteiger partial charge in [-0.05, 0) is 128 Å². The first-order valence-corrected chi connectivity index (χ1v) is 28.1. The van der Waals surface area contributed by atoms with E-state index in [1.54, 1.807) is 0 Å². The molecule has 5 nitrogen and oxygen atoms in total. The summed E-state index contributed by atoms with van der Waals surface area (Å²) >= 11 is 0. The monoisotopic (exact) mass is 941 g/mol. The Morgan fingerprint density at radius 1 is 0.338 bits per heavy atom. The fourth-order valence-electron chi connectivity index (χ4n) is 7.34. The van der Waals surface area contributed by atoms with Crippen LogP contribution in [0.25, 0.3) is 0 Å². The van der Waals surface area contributed by atoms with Gasteiger partial charge in [-0.25, -0.2) is 0 Å². The number of hydrogen-bond acceptors (Lipinski definition) is 5. The standard InChI is InChI=1S/C63H104O5/c1-4-7-10-13-16-19-22-25-28-31-32-34-35-38-41-44-47-50-53-56-62(64)67-60-61(59-66-58-55-52-49-46-43-40-37-30-27-24-21-18-15-12-9-6-3)68-63(65)57-54-51-48-45-42-39-36-33-29-26-23-20-17-14-11-8-5-2/h7,9-10,12,16,18-19,21,25-30,32,34,38,40-41,43,61H,4-6,8,11,13-15,17,20,22-24,31,33,35-37,39,42,44-60H2,1-3H3/b10-7-,12-9-,19-16-,21-18-,28-25-,29-26-,30-27-,34-32-,41-38-,43-40-. The average molecular weight is 942 g/mol. The lowest BCUT2D eigenvalue weighted by atomic mass is 10.1. The van der Waals surface area contributed by atoms with Crippen molar-refractivity contribution in [1.29, 1.82) is 0 Å². The van der Waals surface area contributed by atoms with Crippen LogP contribution in [0.3, 0.4) is 0 Å². The molecule has 0 aliphatic carbocycles. The molecule has 1 atom stereocenters. The van der Waals surface area contributed by atoms with E-state index in [2.05, 4.69) is 142 Å². The number of hydrogen-bond donors (Lipinski definition) is 0. The van der Waals surface area contributed by atoms with E-state index in [4.69, 9.17) is 14.2 Å². The molecule has 0 aromatic carbocycles. The van der Waals surface area contributed by atoms with Crippen molar-refractivity contribution in [2.45, 2.75) is 245 Å². The Morgan fingerprint density at radius 3 is 1.09 bits per heavy atom. The maximum absolute atomic E-state index is 12.9. The molecule has 0 spiro atoms. The molecular formula is C63H104O5. The van der Waals surface area contributed by atoms with Crippen LogP contribution < -0.4 is 0 Å². The Kier molecular flexibility index (Phi) is 54.5. The summed E-state index contributed by atoms with van der Waals surface area (Å²) in [7, 11) is 0. The van der Waals surface area contributed by atoms with Crippen molar-refractivity contribution < 1.29 is 23.8 Å². The second kappa shape index (κ2) is 57.6. The highest BCUT2D eigenvalue weighted by Crippen LogP contribution is 2.13. The molecule has 5 heteroatoms. The van der Waals surface area contributed by atoms with Gasteiger partial charge in [-0.2, -0.15) is 0 Å². The summed E-state index contributed by atoms with van der Waals surface area (Å²) in [6.45, 7) is 7.48. The summed E-state index contributed by atoms with van der Waals surface area (Å²) in [4.78, 5) is 25.5. The number of carbonyl (C=O) groups excluding carboxylic acids is 2. The average Bonchev–Trinajstić information content (AvgIpc) is 3.34. The predicted molar refractivity (Wildman–Crippen MR) is 297 cm³/mol. The van der Waals surface area contributed by atoms with E-state index in [1.807, 2.05) is 0 Å². The SMILES string of the molecule is CC/C=C\C/C=C\C/C=C\C/C=C\C/C=C\CCCCCC(=O)OCC(COCCCCC/C=C\C/C=C\C/C=C\C/C=C\CC)OC(=O)CCCCCCCCC/C=C\CCCCCCCC. The zero-order valence-electron chi connectivity index (χ0n) is 44.3. The van der Waals surface area contributed by atoms with Crippen LogP contribution in [0.2, 0.25) is 0 Å². The molecule has 0 aliphatic rings. The fourth-order valence-corrected chi connectivity index (χ4v) is 7.34. The molecule has 0 aliphatic heterocycles. The quantitative estimate of drug-likeness (QED) is 0.0345. The largest absolute Gasteiger partial charge is 0.462 e. The number of ether oxygens (including phenoxy) is 3. The molecular weight excluding hydrogens is 837 g/mol. The Balaban J connectivity index is 4.42. The number of unbranched alkanes of at least 4 members (excludes halogenated alkanes) is 19. The molecule has 0 heterocycles. The molecule has 0 saturated heterocycles. The van der Waals surface area contributed by atoms with Gasteiger partial charge in [0.2, 0.25) is 0 Å². The summed E-state index contributed by atoms with van der Waals surface area (Å²) in [6, 6.07) is 0. The van der Waals surface area contributed by atoms with Gasteiger partial charge in [0.25, 0.3) is 0 Å². The first-order chi connectivity index (χ1) is 33.6. The molecule has 0 rings (SSSR count). The third-order valence-electron chi connectivity index (χ3n) is 11.5. The van der Waals surface area contributed by atoms with Gasteiger partial charge in [-0.3, -0.25) is 9.59 Å². The number of carbonyl (C=O) groups is 2. The summed E-state index contributed by atoms with van der Waals surface area (Å²) < 4.78 is 17.4. The molecule has 0 aromatic rings. The molecule has 0 amide bonds. The van der Waals surface area contributed by atoms with Gasteiger partial charge in [0, 0.05) is 19.4 Å². The maximum atomic E-state index is 12.9. The Labute approximate surface area is 420 Å². The first-order valence-electron chi connectivity index (χ1n) is 28.1. The molecule has 0 bridgehead atoms. The van der Waals surface area contributed by atoms with Crippen molar-refractivity contribution in [3.8, 4) is 0 Å². The van der Waals surface area contributed by atoms with Gasteiger partial charge in [-0.15, -0.1) is 0 Å². The number of esters is 2. The van der Waals surface area contributed by atoms with Crippen molar-refractivity contribution in [2.75, 3.05) is 19.8 Å². The smallest absolute Gasteiger partial charge is 0.306 e.